The molecule has 0 aliphatic heterocycles. The summed E-state index contributed by atoms with van der Waals surface area (Å²) in [7, 11) is 0. The van der Waals surface area contributed by atoms with Crippen LogP contribution < -0.4 is 4.74 Å². The molecular formula is C22H25FO2. The molecule has 2 aromatic rings. The Morgan fingerprint density at radius 1 is 1.08 bits per heavy atom. The monoisotopic (exact) mass is 340 g/mol. The van der Waals surface area contributed by atoms with E-state index < -0.39 is 11.8 Å². The summed E-state index contributed by atoms with van der Waals surface area (Å²) in [5.74, 6) is 0.660. The highest BCUT2D eigenvalue weighted by molar-refractivity contribution is 5.92. The maximum absolute atomic E-state index is 13.3. The molecule has 0 aromatic heterocycles. The number of ether oxygens (including phenoxy) is 1. The van der Waals surface area contributed by atoms with Crippen LogP contribution in [0.15, 0.2) is 48.5 Å². The molecule has 132 valence electrons. The Hall–Kier alpha value is -2.16. The van der Waals surface area contributed by atoms with Gasteiger partial charge in [-0.2, -0.15) is 0 Å². The minimum Gasteiger partial charge on any atom is -0.423 e. The lowest BCUT2D eigenvalue weighted by Crippen LogP contribution is -2.17. The average Bonchev–Trinajstić information content (AvgIpc) is 2.63. The summed E-state index contributed by atoms with van der Waals surface area (Å²) < 4.78 is 18.7. The lowest BCUT2D eigenvalue weighted by molar-refractivity contribution is 0.0732. The molecule has 0 atom stereocenters. The second-order valence-electron chi connectivity index (χ2n) is 6.94. The number of benzene rings is 2. The smallest absolute Gasteiger partial charge is 0.343 e. The maximum Gasteiger partial charge on any atom is 0.343 e. The van der Waals surface area contributed by atoms with Gasteiger partial charge in [0.05, 0.1) is 5.56 Å². The van der Waals surface area contributed by atoms with Crippen molar-refractivity contribution in [3.05, 3.63) is 65.5 Å². The van der Waals surface area contributed by atoms with Crippen molar-refractivity contribution in [1.29, 1.82) is 0 Å². The van der Waals surface area contributed by atoms with Crippen molar-refractivity contribution < 1.29 is 13.9 Å². The molecule has 1 fully saturated rings. The van der Waals surface area contributed by atoms with E-state index in [2.05, 4.69) is 6.92 Å². The second-order valence-corrected chi connectivity index (χ2v) is 6.94. The molecule has 25 heavy (non-hydrogen) atoms. The fraction of sp³-hybridized carbons (Fsp3) is 0.409. The molecule has 3 rings (SSSR count). The van der Waals surface area contributed by atoms with Gasteiger partial charge in [0, 0.05) is 6.07 Å². The summed E-state index contributed by atoms with van der Waals surface area (Å²) in [4.78, 5) is 12.6. The lowest BCUT2D eigenvalue weighted by atomic mass is 9.76. The van der Waals surface area contributed by atoms with Crippen LogP contribution in [0.4, 0.5) is 4.39 Å². The first kappa shape index (κ1) is 17.7. The Morgan fingerprint density at radius 3 is 2.56 bits per heavy atom. The van der Waals surface area contributed by atoms with E-state index in [-0.39, 0.29) is 5.75 Å². The fourth-order valence-electron chi connectivity index (χ4n) is 3.90. The normalized spacial score (nSPS) is 20.2. The predicted octanol–water partition coefficient (Wildman–Crippen LogP) is 6.12. The number of halogens is 1. The van der Waals surface area contributed by atoms with Crippen LogP contribution in [-0.4, -0.2) is 5.97 Å². The van der Waals surface area contributed by atoms with Crippen LogP contribution in [0.25, 0.3) is 0 Å². The van der Waals surface area contributed by atoms with Crippen molar-refractivity contribution in [2.24, 2.45) is 5.92 Å². The molecule has 1 aliphatic carbocycles. The summed E-state index contributed by atoms with van der Waals surface area (Å²) in [5, 5.41) is 0. The SMILES string of the molecule is CCCC1CCC(c2ccccc2C(=O)Oc2cccc(F)c2)CC1. The fourth-order valence-corrected chi connectivity index (χ4v) is 3.90. The summed E-state index contributed by atoms with van der Waals surface area (Å²) in [6.45, 7) is 2.24. The van der Waals surface area contributed by atoms with E-state index in [1.165, 1.54) is 37.8 Å². The molecule has 0 spiro atoms. The molecule has 3 heteroatoms. The van der Waals surface area contributed by atoms with Crippen molar-refractivity contribution in [1.82, 2.24) is 0 Å². The molecule has 2 aromatic carbocycles. The third-order valence-corrected chi connectivity index (χ3v) is 5.17. The number of hydrogen-bond donors (Lipinski definition) is 0. The number of esters is 1. The van der Waals surface area contributed by atoms with Gasteiger partial charge in [-0.25, -0.2) is 9.18 Å². The van der Waals surface area contributed by atoms with Crippen LogP contribution >= 0.6 is 0 Å². The number of rotatable bonds is 5. The van der Waals surface area contributed by atoms with Gasteiger partial charge in [-0.3, -0.25) is 0 Å². The van der Waals surface area contributed by atoms with E-state index in [1.54, 1.807) is 12.1 Å². The van der Waals surface area contributed by atoms with Gasteiger partial charge in [0.25, 0.3) is 0 Å². The van der Waals surface area contributed by atoms with Crippen molar-refractivity contribution >= 4 is 5.97 Å². The third kappa shape index (κ3) is 4.47. The van der Waals surface area contributed by atoms with Crippen molar-refractivity contribution in [2.75, 3.05) is 0 Å². The third-order valence-electron chi connectivity index (χ3n) is 5.17. The van der Waals surface area contributed by atoms with Gasteiger partial charge in [-0.05, 0) is 61.3 Å². The van der Waals surface area contributed by atoms with E-state index >= 15 is 0 Å². The standard InChI is InChI=1S/C22H25FO2/c1-2-6-16-11-13-17(14-12-16)20-9-3-4-10-21(20)22(24)25-19-8-5-7-18(23)15-19/h3-5,7-10,15-17H,2,6,11-14H2,1H3. The zero-order chi connectivity index (χ0) is 17.6. The predicted molar refractivity (Wildman–Crippen MR) is 97.4 cm³/mol. The Kier molecular flexibility index (Phi) is 5.85. The van der Waals surface area contributed by atoms with E-state index in [4.69, 9.17) is 4.74 Å². The van der Waals surface area contributed by atoms with Crippen LogP contribution in [0, 0.1) is 11.7 Å². The minimum atomic E-state index is -0.409. The highest BCUT2D eigenvalue weighted by atomic mass is 19.1. The first-order valence-electron chi connectivity index (χ1n) is 9.24. The van der Waals surface area contributed by atoms with Crippen molar-refractivity contribution in [3.63, 3.8) is 0 Å². The highest BCUT2D eigenvalue weighted by Gasteiger charge is 2.25. The number of carbonyl (C=O) groups excluding carboxylic acids is 1. The summed E-state index contributed by atoms with van der Waals surface area (Å²) in [6, 6.07) is 13.4. The molecule has 0 saturated heterocycles. The first-order valence-corrected chi connectivity index (χ1v) is 9.24. The van der Waals surface area contributed by atoms with Gasteiger partial charge in [-0.1, -0.05) is 44.0 Å². The quantitative estimate of drug-likeness (QED) is 0.484. The van der Waals surface area contributed by atoms with Gasteiger partial charge >= 0.3 is 5.97 Å². The van der Waals surface area contributed by atoms with Crippen LogP contribution in [0.5, 0.6) is 5.75 Å². The Balaban J connectivity index is 1.73. The molecular weight excluding hydrogens is 315 g/mol. The second kappa shape index (κ2) is 8.28. The average molecular weight is 340 g/mol. The lowest BCUT2D eigenvalue weighted by Gasteiger charge is -2.29. The number of carbonyl (C=O) groups is 1. The molecule has 0 bridgehead atoms. The Morgan fingerprint density at radius 2 is 1.84 bits per heavy atom. The van der Waals surface area contributed by atoms with Gasteiger partial charge in [-0.15, -0.1) is 0 Å². The van der Waals surface area contributed by atoms with E-state index in [0.29, 0.717) is 11.5 Å². The first-order chi connectivity index (χ1) is 12.2. The zero-order valence-corrected chi connectivity index (χ0v) is 14.7. The minimum absolute atomic E-state index is 0.242. The molecule has 1 saturated carbocycles. The topological polar surface area (TPSA) is 26.3 Å². The molecule has 1 aliphatic rings. The zero-order valence-electron chi connectivity index (χ0n) is 14.7. The van der Waals surface area contributed by atoms with Gasteiger partial charge in [0.2, 0.25) is 0 Å². The molecule has 0 amide bonds. The molecule has 0 radical (unpaired) electrons. The summed E-state index contributed by atoms with van der Waals surface area (Å²) >= 11 is 0. The van der Waals surface area contributed by atoms with Gasteiger partial charge < -0.3 is 4.74 Å². The molecule has 0 N–H and O–H groups in total. The molecule has 0 heterocycles. The van der Waals surface area contributed by atoms with Crippen LogP contribution in [0.1, 0.15) is 67.3 Å². The van der Waals surface area contributed by atoms with Gasteiger partial charge in [0.1, 0.15) is 11.6 Å². The van der Waals surface area contributed by atoms with Crippen LogP contribution in [0.3, 0.4) is 0 Å². The Labute approximate surface area is 149 Å². The maximum atomic E-state index is 13.3. The van der Waals surface area contributed by atoms with Gasteiger partial charge in [0.15, 0.2) is 0 Å². The van der Waals surface area contributed by atoms with Crippen LogP contribution in [0.2, 0.25) is 0 Å². The summed E-state index contributed by atoms with van der Waals surface area (Å²) in [5.41, 5.74) is 1.67. The van der Waals surface area contributed by atoms with E-state index in [0.717, 1.165) is 24.3 Å². The Bertz CT molecular complexity index is 717. The van der Waals surface area contributed by atoms with Crippen molar-refractivity contribution in [3.8, 4) is 5.75 Å². The van der Waals surface area contributed by atoms with Crippen LogP contribution in [-0.2, 0) is 0 Å². The van der Waals surface area contributed by atoms with E-state index in [1.807, 2.05) is 24.3 Å². The molecule has 0 unspecified atom stereocenters. The van der Waals surface area contributed by atoms with Crippen molar-refractivity contribution in [2.45, 2.75) is 51.4 Å². The number of hydrogen-bond acceptors (Lipinski definition) is 2. The molecule has 2 nitrogen and oxygen atoms in total. The highest BCUT2D eigenvalue weighted by Crippen LogP contribution is 2.38. The van der Waals surface area contributed by atoms with E-state index in [9.17, 15) is 9.18 Å². The largest absolute Gasteiger partial charge is 0.423 e. The summed E-state index contributed by atoms with van der Waals surface area (Å²) in [6.07, 6.45) is 7.24.